The Hall–Kier alpha value is -1.47. The van der Waals surface area contributed by atoms with Gasteiger partial charge in [-0.05, 0) is 44.9 Å². The number of allylic oxidation sites excluding steroid dienone is 4. The normalized spacial score (nSPS) is 13.6. The maximum absolute atomic E-state index is 12.5. The third kappa shape index (κ3) is 36.3. The Labute approximate surface area is 307 Å². The summed E-state index contributed by atoms with van der Waals surface area (Å²) in [6, 6.07) is 0. The predicted molar refractivity (Wildman–Crippen MR) is 207 cm³/mol. The molecule has 9 heteroatoms. The lowest BCUT2D eigenvalue weighted by Gasteiger charge is -2.19. The Morgan fingerprint density at radius 3 is 1.44 bits per heavy atom. The molecule has 0 rings (SSSR count). The fourth-order valence-electron chi connectivity index (χ4n) is 5.75. The van der Waals surface area contributed by atoms with E-state index >= 15 is 0 Å². The first-order chi connectivity index (χ1) is 24.3. The molecule has 0 radical (unpaired) electrons. The number of rotatable bonds is 38. The fraction of sp³-hybridized carbons (Fsp3) is 0.854. The highest BCUT2D eigenvalue weighted by Gasteiger charge is 2.24. The Kier molecular flexibility index (Phi) is 36.2. The lowest BCUT2D eigenvalue weighted by atomic mass is 10.0. The first-order valence-electron chi connectivity index (χ1n) is 20.5. The van der Waals surface area contributed by atoms with E-state index in [4.69, 9.17) is 14.0 Å². The lowest BCUT2D eigenvalue weighted by Crippen LogP contribution is -2.29. The van der Waals surface area contributed by atoms with E-state index < -0.39 is 26.5 Å². The van der Waals surface area contributed by atoms with E-state index in [1.165, 1.54) is 122 Å². The highest BCUT2D eigenvalue weighted by molar-refractivity contribution is 7.47. The van der Waals surface area contributed by atoms with Gasteiger partial charge in [-0.25, -0.2) is 4.57 Å². The number of esters is 2. The van der Waals surface area contributed by atoms with Gasteiger partial charge in [0.1, 0.15) is 6.61 Å². The second-order valence-electron chi connectivity index (χ2n) is 13.8. The topological polar surface area (TPSA) is 108 Å². The molecule has 0 aliphatic carbocycles. The van der Waals surface area contributed by atoms with E-state index in [1.807, 2.05) is 0 Å². The van der Waals surface area contributed by atoms with Gasteiger partial charge in [-0.15, -0.1) is 0 Å². The molecular weight excluding hydrogens is 651 g/mol. The van der Waals surface area contributed by atoms with E-state index in [-0.39, 0.29) is 19.0 Å². The van der Waals surface area contributed by atoms with Crippen LogP contribution in [0.25, 0.3) is 0 Å². The summed E-state index contributed by atoms with van der Waals surface area (Å²) in [5, 5.41) is 0. The van der Waals surface area contributed by atoms with E-state index in [0.29, 0.717) is 12.8 Å². The van der Waals surface area contributed by atoms with Crippen LogP contribution in [-0.2, 0) is 32.7 Å². The quantitative estimate of drug-likeness (QED) is 0.0290. The van der Waals surface area contributed by atoms with Crippen molar-refractivity contribution >= 4 is 19.8 Å². The summed E-state index contributed by atoms with van der Waals surface area (Å²) in [5.74, 6) is -0.803. The van der Waals surface area contributed by atoms with Gasteiger partial charge in [0.2, 0.25) is 0 Å². The molecule has 2 unspecified atom stereocenters. The molecule has 0 aliphatic rings. The lowest BCUT2D eigenvalue weighted by molar-refractivity contribution is -0.161. The number of unbranched alkanes of at least 4 members (excludes halogenated alkanes) is 23. The van der Waals surface area contributed by atoms with Gasteiger partial charge in [-0.3, -0.25) is 18.6 Å². The molecule has 8 nitrogen and oxygen atoms in total. The minimum atomic E-state index is -4.26. The highest BCUT2D eigenvalue weighted by atomic mass is 31.2. The largest absolute Gasteiger partial charge is 0.472 e. The summed E-state index contributed by atoms with van der Waals surface area (Å²) in [6.45, 7) is 3.86. The molecule has 0 aromatic rings. The molecule has 0 saturated heterocycles. The summed E-state index contributed by atoms with van der Waals surface area (Å²) in [5.41, 5.74) is 0. The average molecular weight is 729 g/mol. The van der Waals surface area contributed by atoms with Crippen molar-refractivity contribution in [3.8, 4) is 0 Å². The first kappa shape index (κ1) is 48.5. The Bertz CT molecular complexity index is 875. The van der Waals surface area contributed by atoms with Crippen molar-refractivity contribution < 1.29 is 37.6 Å². The van der Waals surface area contributed by atoms with Gasteiger partial charge in [-0.1, -0.05) is 167 Å². The minimum absolute atomic E-state index is 0.223. The fourth-order valence-corrected chi connectivity index (χ4v) is 6.21. The SMILES string of the molecule is CCCCC/C=C\C/C=C\CCCCCCCCCCCC(=O)OC(COC(=O)CCCCCCCCCCCCCC)COP(=O)(O)OC. The summed E-state index contributed by atoms with van der Waals surface area (Å²) in [7, 11) is -3.19. The monoisotopic (exact) mass is 729 g/mol. The maximum Gasteiger partial charge on any atom is 0.472 e. The zero-order valence-corrected chi connectivity index (χ0v) is 33.5. The molecule has 50 heavy (non-hydrogen) atoms. The molecular formula is C41H77O8P. The van der Waals surface area contributed by atoms with Crippen molar-refractivity contribution in [3.63, 3.8) is 0 Å². The Morgan fingerprint density at radius 2 is 0.960 bits per heavy atom. The van der Waals surface area contributed by atoms with Crippen LogP contribution in [0.3, 0.4) is 0 Å². The highest BCUT2D eigenvalue weighted by Crippen LogP contribution is 2.42. The van der Waals surface area contributed by atoms with Gasteiger partial charge >= 0.3 is 19.8 Å². The maximum atomic E-state index is 12.5. The van der Waals surface area contributed by atoms with Crippen LogP contribution in [0.1, 0.15) is 200 Å². The number of carbonyl (C=O) groups excluding carboxylic acids is 2. The molecule has 0 amide bonds. The number of hydrogen-bond acceptors (Lipinski definition) is 7. The van der Waals surface area contributed by atoms with E-state index in [9.17, 15) is 19.0 Å². The van der Waals surface area contributed by atoms with Crippen LogP contribution in [-0.4, -0.2) is 43.3 Å². The standard InChI is InChI=1S/C41H77O8P/c1-4-6-8-10-12-14-16-18-19-20-21-22-23-24-26-28-30-32-34-36-41(43)49-39(38-48-50(44,45)46-3)37-47-40(42)35-33-31-29-27-25-17-15-13-11-9-7-5-2/h12,14,18-19,39H,4-11,13,15-17,20-38H2,1-3H3,(H,44,45)/b14-12-,19-18-. The molecule has 0 aromatic heterocycles. The first-order valence-corrected chi connectivity index (χ1v) is 22.0. The van der Waals surface area contributed by atoms with Crippen molar-refractivity contribution in [2.75, 3.05) is 20.3 Å². The van der Waals surface area contributed by atoms with Gasteiger partial charge in [0.15, 0.2) is 6.10 Å². The van der Waals surface area contributed by atoms with Crippen LogP contribution in [0, 0.1) is 0 Å². The van der Waals surface area contributed by atoms with Gasteiger partial charge < -0.3 is 14.4 Å². The summed E-state index contributed by atoms with van der Waals surface area (Å²) in [4.78, 5) is 34.4. The number of phosphoric ester groups is 1. The molecule has 0 heterocycles. The number of carbonyl (C=O) groups is 2. The second-order valence-corrected chi connectivity index (χ2v) is 15.3. The molecule has 1 N–H and O–H groups in total. The molecule has 0 spiro atoms. The van der Waals surface area contributed by atoms with Gasteiger partial charge in [-0.2, -0.15) is 0 Å². The van der Waals surface area contributed by atoms with Crippen LogP contribution in [0.5, 0.6) is 0 Å². The zero-order valence-electron chi connectivity index (χ0n) is 32.6. The van der Waals surface area contributed by atoms with Crippen molar-refractivity contribution in [3.05, 3.63) is 24.3 Å². The molecule has 0 aliphatic heterocycles. The third-order valence-corrected chi connectivity index (χ3v) is 9.89. The van der Waals surface area contributed by atoms with Crippen LogP contribution >= 0.6 is 7.82 Å². The van der Waals surface area contributed by atoms with Crippen LogP contribution < -0.4 is 0 Å². The number of hydrogen-bond donors (Lipinski definition) is 1. The van der Waals surface area contributed by atoms with Crippen LogP contribution in [0.2, 0.25) is 0 Å². The molecule has 2 atom stereocenters. The predicted octanol–water partition coefficient (Wildman–Crippen LogP) is 12.7. The van der Waals surface area contributed by atoms with Gasteiger partial charge in [0, 0.05) is 20.0 Å². The zero-order chi connectivity index (χ0) is 36.8. The van der Waals surface area contributed by atoms with Crippen LogP contribution in [0.4, 0.5) is 0 Å². The van der Waals surface area contributed by atoms with Crippen molar-refractivity contribution in [1.82, 2.24) is 0 Å². The summed E-state index contributed by atoms with van der Waals surface area (Å²) >= 11 is 0. The Balaban J connectivity index is 3.99. The average Bonchev–Trinajstić information content (AvgIpc) is 3.10. The Morgan fingerprint density at radius 1 is 0.560 bits per heavy atom. The van der Waals surface area contributed by atoms with Crippen molar-refractivity contribution in [2.24, 2.45) is 0 Å². The van der Waals surface area contributed by atoms with Crippen LogP contribution in [0.15, 0.2) is 24.3 Å². The number of phosphoric acid groups is 1. The number of ether oxygens (including phenoxy) is 2. The molecule has 294 valence electrons. The van der Waals surface area contributed by atoms with E-state index in [1.54, 1.807) is 0 Å². The van der Waals surface area contributed by atoms with E-state index in [0.717, 1.165) is 52.1 Å². The minimum Gasteiger partial charge on any atom is -0.462 e. The summed E-state index contributed by atoms with van der Waals surface area (Å²) < 4.78 is 31.9. The van der Waals surface area contributed by atoms with Crippen molar-refractivity contribution in [1.29, 1.82) is 0 Å². The van der Waals surface area contributed by atoms with Gasteiger partial charge in [0.05, 0.1) is 6.61 Å². The van der Waals surface area contributed by atoms with Gasteiger partial charge in [0.25, 0.3) is 0 Å². The van der Waals surface area contributed by atoms with Crippen molar-refractivity contribution in [2.45, 2.75) is 206 Å². The molecule has 0 saturated carbocycles. The molecule has 0 aromatic carbocycles. The smallest absolute Gasteiger partial charge is 0.462 e. The second kappa shape index (κ2) is 37.3. The summed E-state index contributed by atoms with van der Waals surface area (Å²) in [6.07, 6.45) is 40.8. The molecule has 0 bridgehead atoms. The third-order valence-electron chi connectivity index (χ3n) is 8.95. The van der Waals surface area contributed by atoms with E-state index in [2.05, 4.69) is 42.7 Å². The molecule has 0 fully saturated rings.